The second kappa shape index (κ2) is 13.3. The van der Waals surface area contributed by atoms with Gasteiger partial charge in [0.05, 0.1) is 10.6 Å². The lowest BCUT2D eigenvalue weighted by Gasteiger charge is -2.37. The zero-order chi connectivity index (χ0) is 32.3. The molecule has 0 saturated carbocycles. The Bertz CT molecular complexity index is 1780. The van der Waals surface area contributed by atoms with Gasteiger partial charge >= 0.3 is 6.03 Å². The molecule has 0 aliphatic carbocycles. The van der Waals surface area contributed by atoms with Crippen LogP contribution < -0.4 is 15.5 Å². The van der Waals surface area contributed by atoms with Crippen molar-refractivity contribution in [3.05, 3.63) is 89.9 Å². The van der Waals surface area contributed by atoms with Crippen molar-refractivity contribution in [1.29, 1.82) is 0 Å². The number of aromatic nitrogens is 1. The number of piperazine rings is 1. The van der Waals surface area contributed by atoms with E-state index in [9.17, 15) is 22.4 Å². The van der Waals surface area contributed by atoms with Crippen LogP contribution in [0.4, 0.5) is 20.6 Å². The number of sulfone groups is 1. The highest BCUT2D eigenvalue weighted by Gasteiger charge is 2.33. The largest absolute Gasteiger partial charge is 0.368 e. The molecule has 45 heavy (non-hydrogen) atoms. The molecule has 0 spiro atoms. The van der Waals surface area contributed by atoms with Crippen LogP contribution >= 0.6 is 0 Å². The molecule has 2 unspecified atom stereocenters. The Morgan fingerprint density at radius 2 is 1.69 bits per heavy atom. The first-order chi connectivity index (χ1) is 21.4. The monoisotopic (exact) mass is 634 g/mol. The summed E-state index contributed by atoms with van der Waals surface area (Å²) in [6.07, 6.45) is 2.94. The minimum atomic E-state index is -3.67. The summed E-state index contributed by atoms with van der Waals surface area (Å²) >= 11 is 0. The molecule has 3 aromatic carbocycles. The summed E-state index contributed by atoms with van der Waals surface area (Å²) < 4.78 is 38.7. The number of aromatic amines is 1. The van der Waals surface area contributed by atoms with Crippen LogP contribution in [0, 0.1) is 5.82 Å². The Labute approximate surface area is 263 Å². The SMILES string of the molecule is CC(c1c[nH]c2ccccc12)C(NC(=O)N1CCN(c2ccc(F)cc2)CC1)C(=O)Nc1cc(CN(C)C)ccc1S(C)(=O)=O. The van der Waals surface area contributed by atoms with E-state index in [2.05, 4.69) is 20.5 Å². The number of amides is 3. The van der Waals surface area contributed by atoms with Crippen LogP contribution in [0.2, 0.25) is 0 Å². The summed E-state index contributed by atoms with van der Waals surface area (Å²) in [5, 5.41) is 6.73. The minimum Gasteiger partial charge on any atom is -0.368 e. The van der Waals surface area contributed by atoms with Gasteiger partial charge in [0, 0.05) is 67.7 Å². The number of halogens is 1. The van der Waals surface area contributed by atoms with Gasteiger partial charge in [-0.15, -0.1) is 0 Å². The van der Waals surface area contributed by atoms with Crippen LogP contribution in [0.25, 0.3) is 10.9 Å². The maximum atomic E-state index is 14.1. The molecular weight excluding hydrogens is 595 g/mol. The number of rotatable bonds is 9. The van der Waals surface area contributed by atoms with Crippen LogP contribution in [0.15, 0.2) is 77.8 Å². The second-order valence-corrected chi connectivity index (χ2v) is 13.8. The van der Waals surface area contributed by atoms with E-state index in [0.717, 1.165) is 34.0 Å². The van der Waals surface area contributed by atoms with Gasteiger partial charge in [0.1, 0.15) is 11.9 Å². The van der Waals surface area contributed by atoms with Crippen molar-refractivity contribution < 1.29 is 22.4 Å². The lowest BCUT2D eigenvalue weighted by molar-refractivity contribution is -0.118. The van der Waals surface area contributed by atoms with Gasteiger partial charge in [0.25, 0.3) is 0 Å². The van der Waals surface area contributed by atoms with Crippen LogP contribution in [0.1, 0.15) is 24.0 Å². The third-order valence-electron chi connectivity index (χ3n) is 8.13. The van der Waals surface area contributed by atoms with Gasteiger partial charge in [0.2, 0.25) is 5.91 Å². The first kappa shape index (κ1) is 32.0. The van der Waals surface area contributed by atoms with E-state index >= 15 is 0 Å². The number of benzene rings is 3. The second-order valence-electron chi connectivity index (χ2n) is 11.8. The standard InChI is InChI=1S/C33H39FN6O4S/c1-22(27-20-35-28-8-6-5-7-26(27)28)31(32(41)36-29-19-23(21-38(2)3)9-14-30(29)45(4,43)44)37-33(42)40-17-15-39(16-18-40)25-12-10-24(34)11-13-25/h5-14,19-20,22,31,35H,15-18,21H2,1-4H3,(H,36,41)(H,37,42). The number of hydrogen-bond acceptors (Lipinski definition) is 6. The summed E-state index contributed by atoms with van der Waals surface area (Å²) in [5.41, 5.74) is 3.61. The van der Waals surface area contributed by atoms with E-state index in [1.807, 2.05) is 56.4 Å². The maximum Gasteiger partial charge on any atom is 0.318 e. The van der Waals surface area contributed by atoms with Gasteiger partial charge in [-0.2, -0.15) is 0 Å². The molecule has 0 radical (unpaired) electrons. The number of fused-ring (bicyclic) bond motifs is 1. The van der Waals surface area contributed by atoms with Gasteiger partial charge in [-0.3, -0.25) is 4.79 Å². The quantitative estimate of drug-likeness (QED) is 0.251. The van der Waals surface area contributed by atoms with Gasteiger partial charge < -0.3 is 30.3 Å². The Hall–Kier alpha value is -4.42. The molecule has 1 aliphatic rings. The molecular formula is C33H39FN6O4S. The molecule has 3 N–H and O–H groups in total. The van der Waals surface area contributed by atoms with Crippen molar-refractivity contribution in [2.24, 2.45) is 0 Å². The summed E-state index contributed by atoms with van der Waals surface area (Å²) in [6, 6.07) is 17.4. The zero-order valence-corrected chi connectivity index (χ0v) is 26.7. The maximum absolute atomic E-state index is 14.1. The average Bonchev–Trinajstić information content (AvgIpc) is 3.43. The first-order valence-electron chi connectivity index (χ1n) is 14.8. The highest BCUT2D eigenvalue weighted by atomic mass is 32.2. The minimum absolute atomic E-state index is 0.0000880. The number of nitrogens with one attached hydrogen (secondary N) is 3. The van der Waals surface area contributed by atoms with Crippen molar-refractivity contribution in [2.45, 2.75) is 30.3 Å². The first-order valence-corrected chi connectivity index (χ1v) is 16.7. The number of carbonyl (C=O) groups excluding carboxylic acids is 2. The number of nitrogens with zero attached hydrogens (tertiary/aromatic N) is 3. The predicted molar refractivity (Wildman–Crippen MR) is 175 cm³/mol. The smallest absolute Gasteiger partial charge is 0.318 e. The number of urea groups is 1. The van der Waals surface area contributed by atoms with E-state index in [0.29, 0.717) is 32.7 Å². The molecule has 1 fully saturated rings. The van der Waals surface area contributed by atoms with Gasteiger partial charge in [-0.05, 0) is 67.7 Å². The summed E-state index contributed by atoms with van der Waals surface area (Å²) in [5.74, 6) is -1.31. The molecule has 238 valence electrons. The lowest BCUT2D eigenvalue weighted by Crippen LogP contribution is -2.56. The highest BCUT2D eigenvalue weighted by molar-refractivity contribution is 7.90. The van der Waals surface area contributed by atoms with Crippen molar-refractivity contribution in [3.8, 4) is 0 Å². The summed E-state index contributed by atoms with van der Waals surface area (Å²) in [7, 11) is 0.131. The molecule has 1 saturated heterocycles. The van der Waals surface area contributed by atoms with Crippen molar-refractivity contribution in [2.75, 3.05) is 56.7 Å². The number of para-hydroxylation sites is 1. The molecule has 1 aliphatic heterocycles. The van der Waals surface area contributed by atoms with Crippen molar-refractivity contribution >= 4 is 44.1 Å². The Balaban J connectivity index is 1.41. The predicted octanol–water partition coefficient (Wildman–Crippen LogP) is 4.41. The number of H-pyrrole nitrogens is 1. The molecule has 2 atom stereocenters. The third kappa shape index (κ3) is 7.46. The zero-order valence-electron chi connectivity index (χ0n) is 25.9. The highest BCUT2D eigenvalue weighted by Crippen LogP contribution is 2.30. The Kier molecular flexibility index (Phi) is 9.45. The summed E-state index contributed by atoms with van der Waals surface area (Å²) in [6.45, 7) is 4.32. The topological polar surface area (TPSA) is 118 Å². The van der Waals surface area contributed by atoms with Crippen molar-refractivity contribution in [1.82, 2.24) is 20.1 Å². The molecule has 10 nitrogen and oxygen atoms in total. The number of carbonyl (C=O) groups is 2. The molecule has 4 aromatic rings. The van der Waals surface area contributed by atoms with E-state index in [-0.39, 0.29) is 16.4 Å². The Morgan fingerprint density at radius 1 is 1.00 bits per heavy atom. The van der Waals surface area contributed by atoms with Gasteiger partial charge in [-0.1, -0.05) is 31.2 Å². The van der Waals surface area contributed by atoms with Crippen LogP contribution in [-0.2, 0) is 21.2 Å². The fourth-order valence-electron chi connectivity index (χ4n) is 5.78. The van der Waals surface area contributed by atoms with E-state index in [1.54, 1.807) is 29.2 Å². The molecule has 5 rings (SSSR count). The van der Waals surface area contributed by atoms with Crippen LogP contribution in [0.3, 0.4) is 0 Å². The fraction of sp³-hybridized carbons (Fsp3) is 0.333. The van der Waals surface area contributed by atoms with Crippen LogP contribution in [-0.4, -0.2) is 87.7 Å². The molecule has 12 heteroatoms. The van der Waals surface area contributed by atoms with Crippen molar-refractivity contribution in [3.63, 3.8) is 0 Å². The molecule has 3 amide bonds. The molecule has 2 heterocycles. The third-order valence-corrected chi connectivity index (χ3v) is 9.29. The van der Waals surface area contributed by atoms with Gasteiger partial charge in [0.15, 0.2) is 9.84 Å². The normalized spacial score (nSPS) is 15.2. The van der Waals surface area contributed by atoms with E-state index < -0.39 is 33.7 Å². The average molecular weight is 635 g/mol. The summed E-state index contributed by atoms with van der Waals surface area (Å²) in [4.78, 5) is 36.6. The number of anilines is 2. The van der Waals surface area contributed by atoms with E-state index in [4.69, 9.17) is 0 Å². The van der Waals surface area contributed by atoms with Gasteiger partial charge in [-0.25, -0.2) is 17.6 Å². The van der Waals surface area contributed by atoms with E-state index in [1.165, 1.54) is 18.2 Å². The lowest BCUT2D eigenvalue weighted by atomic mass is 9.92. The molecule has 0 bridgehead atoms. The van der Waals surface area contributed by atoms with Crippen LogP contribution in [0.5, 0.6) is 0 Å². The molecule has 1 aromatic heterocycles. The number of hydrogen-bond donors (Lipinski definition) is 3. The fourth-order valence-corrected chi connectivity index (χ4v) is 6.61. The Morgan fingerprint density at radius 3 is 2.36 bits per heavy atom.